The summed E-state index contributed by atoms with van der Waals surface area (Å²) in [5.41, 5.74) is 2.24. The highest BCUT2D eigenvalue weighted by atomic mass is 16.2. The molecule has 0 radical (unpaired) electrons. The molecule has 1 aliphatic heterocycles. The standard InChI is InChI=1S/C15H19NO/c17-15(16-9-2-1-3-10-16)14-6-4-5-13(11-14)12-7-8-12/h4-6,11-12H,1-3,7-10H2. The topological polar surface area (TPSA) is 20.3 Å². The summed E-state index contributed by atoms with van der Waals surface area (Å²) in [5, 5.41) is 0. The highest BCUT2D eigenvalue weighted by Crippen LogP contribution is 2.40. The maximum Gasteiger partial charge on any atom is 0.253 e. The Kier molecular flexibility index (Phi) is 2.87. The molecular weight excluding hydrogens is 210 g/mol. The Morgan fingerprint density at radius 2 is 1.88 bits per heavy atom. The maximum absolute atomic E-state index is 12.3. The molecule has 0 bridgehead atoms. The second-order valence-corrected chi connectivity index (χ2v) is 5.25. The molecule has 3 rings (SSSR count). The number of benzene rings is 1. The van der Waals surface area contributed by atoms with Crippen LogP contribution in [0.3, 0.4) is 0 Å². The zero-order valence-electron chi connectivity index (χ0n) is 10.2. The molecule has 1 heterocycles. The van der Waals surface area contributed by atoms with Gasteiger partial charge in [-0.15, -0.1) is 0 Å². The molecule has 2 nitrogen and oxygen atoms in total. The summed E-state index contributed by atoms with van der Waals surface area (Å²) in [5.74, 6) is 0.955. The van der Waals surface area contributed by atoms with Crippen molar-refractivity contribution in [3.8, 4) is 0 Å². The second kappa shape index (κ2) is 4.52. The average molecular weight is 229 g/mol. The number of nitrogens with zero attached hydrogens (tertiary/aromatic N) is 1. The van der Waals surface area contributed by atoms with Gasteiger partial charge in [0.05, 0.1) is 0 Å². The monoisotopic (exact) mass is 229 g/mol. The normalized spacial score (nSPS) is 20.4. The number of carbonyl (C=O) groups is 1. The summed E-state index contributed by atoms with van der Waals surface area (Å²) in [6.45, 7) is 1.87. The molecule has 2 fully saturated rings. The Morgan fingerprint density at radius 1 is 1.12 bits per heavy atom. The van der Waals surface area contributed by atoms with Crippen molar-refractivity contribution in [3.63, 3.8) is 0 Å². The van der Waals surface area contributed by atoms with E-state index in [1.54, 1.807) is 0 Å². The van der Waals surface area contributed by atoms with Gasteiger partial charge >= 0.3 is 0 Å². The molecule has 0 atom stereocenters. The van der Waals surface area contributed by atoms with Crippen LogP contribution in [0.2, 0.25) is 0 Å². The van der Waals surface area contributed by atoms with Gasteiger partial charge in [-0.2, -0.15) is 0 Å². The van der Waals surface area contributed by atoms with Gasteiger partial charge in [0, 0.05) is 18.7 Å². The van der Waals surface area contributed by atoms with E-state index in [-0.39, 0.29) is 5.91 Å². The summed E-state index contributed by atoms with van der Waals surface area (Å²) in [7, 11) is 0. The van der Waals surface area contributed by atoms with Crippen LogP contribution in [0.5, 0.6) is 0 Å². The minimum Gasteiger partial charge on any atom is -0.339 e. The van der Waals surface area contributed by atoms with Crippen molar-refractivity contribution >= 4 is 5.91 Å². The first-order chi connectivity index (χ1) is 8.34. The van der Waals surface area contributed by atoms with Gasteiger partial charge in [-0.25, -0.2) is 0 Å². The zero-order chi connectivity index (χ0) is 11.7. The lowest BCUT2D eigenvalue weighted by Gasteiger charge is -2.26. The first kappa shape index (κ1) is 10.8. The molecule has 1 saturated carbocycles. The lowest BCUT2D eigenvalue weighted by atomic mass is 10.0. The minimum absolute atomic E-state index is 0.229. The number of piperidine rings is 1. The van der Waals surface area contributed by atoms with Crippen molar-refractivity contribution in [1.29, 1.82) is 0 Å². The summed E-state index contributed by atoms with van der Waals surface area (Å²) in [6.07, 6.45) is 6.18. The minimum atomic E-state index is 0.229. The van der Waals surface area contributed by atoms with E-state index in [0.717, 1.165) is 37.4 Å². The molecular formula is C15H19NO. The lowest BCUT2D eigenvalue weighted by Crippen LogP contribution is -2.35. The van der Waals surface area contributed by atoms with Crippen LogP contribution in [0.15, 0.2) is 24.3 Å². The zero-order valence-corrected chi connectivity index (χ0v) is 10.2. The molecule has 1 aromatic carbocycles. The van der Waals surface area contributed by atoms with E-state index in [0.29, 0.717) is 0 Å². The van der Waals surface area contributed by atoms with E-state index in [9.17, 15) is 4.79 Å². The molecule has 17 heavy (non-hydrogen) atoms. The molecule has 90 valence electrons. The van der Waals surface area contributed by atoms with Crippen LogP contribution < -0.4 is 0 Å². The SMILES string of the molecule is O=C(c1cccc(C2CC2)c1)N1CCCCC1. The summed E-state index contributed by atoms with van der Waals surface area (Å²) in [4.78, 5) is 14.3. The predicted octanol–water partition coefficient (Wildman–Crippen LogP) is 3.19. The van der Waals surface area contributed by atoms with Crippen molar-refractivity contribution in [2.24, 2.45) is 0 Å². The van der Waals surface area contributed by atoms with Gasteiger partial charge < -0.3 is 4.90 Å². The third kappa shape index (κ3) is 2.36. The Morgan fingerprint density at radius 3 is 2.59 bits per heavy atom. The van der Waals surface area contributed by atoms with Gasteiger partial charge in [0.25, 0.3) is 5.91 Å². The Balaban J connectivity index is 1.77. The summed E-state index contributed by atoms with van der Waals surface area (Å²) >= 11 is 0. The second-order valence-electron chi connectivity index (χ2n) is 5.25. The van der Waals surface area contributed by atoms with Gasteiger partial charge in [0.1, 0.15) is 0 Å². The quantitative estimate of drug-likeness (QED) is 0.762. The van der Waals surface area contributed by atoms with Crippen molar-refractivity contribution in [2.75, 3.05) is 13.1 Å². The van der Waals surface area contributed by atoms with E-state index in [1.165, 1.54) is 24.8 Å². The molecule has 0 unspecified atom stereocenters. The van der Waals surface area contributed by atoms with Gasteiger partial charge in [0.15, 0.2) is 0 Å². The number of rotatable bonds is 2. The fourth-order valence-corrected chi connectivity index (χ4v) is 2.62. The number of likely N-dealkylation sites (tertiary alicyclic amines) is 1. The number of hydrogen-bond acceptors (Lipinski definition) is 1. The van der Waals surface area contributed by atoms with Gasteiger partial charge in [-0.3, -0.25) is 4.79 Å². The van der Waals surface area contributed by atoms with Gasteiger partial charge in [0.2, 0.25) is 0 Å². The fraction of sp³-hybridized carbons (Fsp3) is 0.533. The number of carbonyl (C=O) groups excluding carboxylic acids is 1. The molecule has 2 heteroatoms. The van der Waals surface area contributed by atoms with Crippen LogP contribution in [0.25, 0.3) is 0 Å². The predicted molar refractivity (Wildman–Crippen MR) is 68.2 cm³/mol. The highest BCUT2D eigenvalue weighted by molar-refractivity contribution is 5.94. The van der Waals surface area contributed by atoms with Crippen LogP contribution in [0.4, 0.5) is 0 Å². The van der Waals surface area contributed by atoms with Crippen molar-refractivity contribution < 1.29 is 4.79 Å². The van der Waals surface area contributed by atoms with Crippen LogP contribution in [-0.4, -0.2) is 23.9 Å². The van der Waals surface area contributed by atoms with Crippen molar-refractivity contribution in [2.45, 2.75) is 38.0 Å². The Bertz CT molecular complexity index is 417. The summed E-state index contributed by atoms with van der Waals surface area (Å²) in [6, 6.07) is 8.26. The average Bonchev–Trinajstić information content (AvgIpc) is 3.23. The first-order valence-electron chi connectivity index (χ1n) is 6.74. The number of amides is 1. The summed E-state index contributed by atoms with van der Waals surface area (Å²) < 4.78 is 0. The van der Waals surface area contributed by atoms with E-state index >= 15 is 0 Å². The molecule has 0 N–H and O–H groups in total. The third-order valence-corrected chi connectivity index (χ3v) is 3.83. The van der Waals surface area contributed by atoms with Gasteiger partial charge in [-0.1, -0.05) is 12.1 Å². The number of hydrogen-bond donors (Lipinski definition) is 0. The molecule has 1 aromatic rings. The Hall–Kier alpha value is -1.31. The van der Waals surface area contributed by atoms with Crippen LogP contribution in [0.1, 0.15) is 53.9 Å². The molecule has 0 spiro atoms. The van der Waals surface area contributed by atoms with E-state index in [4.69, 9.17) is 0 Å². The lowest BCUT2D eigenvalue weighted by molar-refractivity contribution is 0.0724. The smallest absolute Gasteiger partial charge is 0.253 e. The van der Waals surface area contributed by atoms with Crippen molar-refractivity contribution in [1.82, 2.24) is 4.90 Å². The Labute approximate surface area is 103 Å². The van der Waals surface area contributed by atoms with Crippen LogP contribution >= 0.6 is 0 Å². The highest BCUT2D eigenvalue weighted by Gasteiger charge is 2.25. The molecule has 0 aromatic heterocycles. The van der Waals surface area contributed by atoms with Crippen LogP contribution in [-0.2, 0) is 0 Å². The molecule has 2 aliphatic rings. The van der Waals surface area contributed by atoms with Gasteiger partial charge in [-0.05, 0) is 55.7 Å². The molecule has 1 saturated heterocycles. The van der Waals surface area contributed by atoms with E-state index < -0.39 is 0 Å². The van der Waals surface area contributed by atoms with E-state index in [1.807, 2.05) is 17.0 Å². The van der Waals surface area contributed by atoms with E-state index in [2.05, 4.69) is 12.1 Å². The molecule has 1 aliphatic carbocycles. The van der Waals surface area contributed by atoms with Crippen molar-refractivity contribution in [3.05, 3.63) is 35.4 Å². The van der Waals surface area contributed by atoms with Crippen LogP contribution in [0, 0.1) is 0 Å². The largest absolute Gasteiger partial charge is 0.339 e. The third-order valence-electron chi connectivity index (χ3n) is 3.83. The first-order valence-corrected chi connectivity index (χ1v) is 6.74. The fourth-order valence-electron chi connectivity index (χ4n) is 2.62. The molecule has 1 amide bonds. The maximum atomic E-state index is 12.3.